The zero-order valence-electron chi connectivity index (χ0n) is 10.6. The number of anilines is 1. The van der Waals surface area contributed by atoms with E-state index in [0.717, 1.165) is 0 Å². The summed E-state index contributed by atoms with van der Waals surface area (Å²) in [5.74, 6) is -0.0877. The maximum absolute atomic E-state index is 11.9. The van der Waals surface area contributed by atoms with Gasteiger partial charge in [-0.15, -0.1) is 0 Å². The molecule has 2 heterocycles. The summed E-state index contributed by atoms with van der Waals surface area (Å²) in [6.07, 6.45) is -0.161. The van der Waals surface area contributed by atoms with E-state index in [2.05, 4.69) is 20.4 Å². The summed E-state index contributed by atoms with van der Waals surface area (Å²) in [4.78, 5) is 19.2. The standard InChI is InChI=1S/C11H11F3N6O/c12-11(13,14)5-15-4-10(21)19-8-1-2-9(17-3-8)20-7-16-6-18-20/h1-3,6-7,15H,4-5H2,(H,19,21). The van der Waals surface area contributed by atoms with Crippen LogP contribution in [0.1, 0.15) is 0 Å². The Morgan fingerprint density at radius 3 is 2.71 bits per heavy atom. The fourth-order valence-corrected chi connectivity index (χ4v) is 1.45. The maximum Gasteiger partial charge on any atom is 0.401 e. The first-order chi connectivity index (χ1) is 9.94. The van der Waals surface area contributed by atoms with E-state index in [1.807, 2.05) is 5.32 Å². The number of amides is 1. The Kier molecular flexibility index (Phi) is 4.48. The molecular weight excluding hydrogens is 289 g/mol. The van der Waals surface area contributed by atoms with Gasteiger partial charge >= 0.3 is 6.18 Å². The van der Waals surface area contributed by atoms with Gasteiger partial charge in [0.2, 0.25) is 5.91 Å². The molecule has 0 saturated carbocycles. The average Bonchev–Trinajstić information content (AvgIpc) is 2.92. The van der Waals surface area contributed by atoms with Gasteiger partial charge in [-0.05, 0) is 12.1 Å². The number of hydrogen-bond acceptors (Lipinski definition) is 5. The lowest BCUT2D eigenvalue weighted by molar-refractivity contribution is -0.126. The highest BCUT2D eigenvalue weighted by Crippen LogP contribution is 2.12. The van der Waals surface area contributed by atoms with Gasteiger partial charge in [-0.25, -0.2) is 14.6 Å². The summed E-state index contributed by atoms with van der Waals surface area (Å²) in [5.41, 5.74) is 0.373. The molecule has 0 aliphatic heterocycles. The Bertz CT molecular complexity index is 581. The van der Waals surface area contributed by atoms with Gasteiger partial charge in [-0.3, -0.25) is 4.79 Å². The first-order valence-electron chi connectivity index (χ1n) is 5.82. The lowest BCUT2D eigenvalue weighted by Crippen LogP contribution is -2.35. The van der Waals surface area contributed by atoms with Crippen LogP contribution in [0.15, 0.2) is 31.0 Å². The summed E-state index contributed by atoms with van der Waals surface area (Å²) >= 11 is 0. The zero-order valence-corrected chi connectivity index (χ0v) is 10.6. The number of nitrogens with zero attached hydrogens (tertiary/aromatic N) is 4. The molecule has 0 aromatic carbocycles. The van der Waals surface area contributed by atoms with E-state index in [1.54, 1.807) is 12.1 Å². The highest BCUT2D eigenvalue weighted by atomic mass is 19.4. The number of carbonyl (C=O) groups is 1. The van der Waals surface area contributed by atoms with E-state index in [4.69, 9.17) is 0 Å². The monoisotopic (exact) mass is 300 g/mol. The lowest BCUT2D eigenvalue weighted by atomic mass is 10.4. The van der Waals surface area contributed by atoms with Crippen molar-refractivity contribution in [1.29, 1.82) is 0 Å². The summed E-state index contributed by atoms with van der Waals surface area (Å²) in [6.45, 7) is -1.66. The Hall–Kier alpha value is -2.49. The number of rotatable bonds is 5. The molecule has 2 rings (SSSR count). The van der Waals surface area contributed by atoms with Gasteiger partial charge in [-0.1, -0.05) is 0 Å². The third-order valence-electron chi connectivity index (χ3n) is 2.30. The highest BCUT2D eigenvalue weighted by Gasteiger charge is 2.26. The lowest BCUT2D eigenvalue weighted by Gasteiger charge is -2.09. The second kappa shape index (κ2) is 6.31. The van der Waals surface area contributed by atoms with Gasteiger partial charge in [0.25, 0.3) is 0 Å². The summed E-state index contributed by atoms with van der Waals surface area (Å²) < 4.78 is 37.1. The van der Waals surface area contributed by atoms with Gasteiger partial charge in [0.1, 0.15) is 12.7 Å². The minimum atomic E-state index is -4.35. The van der Waals surface area contributed by atoms with Crippen molar-refractivity contribution in [3.05, 3.63) is 31.0 Å². The van der Waals surface area contributed by atoms with Crippen LogP contribution in [0.2, 0.25) is 0 Å². The Morgan fingerprint density at radius 2 is 2.14 bits per heavy atom. The van der Waals surface area contributed by atoms with Crippen LogP contribution in [0.25, 0.3) is 5.82 Å². The van der Waals surface area contributed by atoms with Gasteiger partial charge in [0.05, 0.1) is 25.0 Å². The molecule has 0 radical (unpaired) electrons. The third kappa shape index (κ3) is 4.84. The second-order valence-corrected chi connectivity index (χ2v) is 4.01. The molecule has 2 aromatic heterocycles. The van der Waals surface area contributed by atoms with Crippen LogP contribution in [0, 0.1) is 0 Å². The van der Waals surface area contributed by atoms with E-state index in [0.29, 0.717) is 11.5 Å². The van der Waals surface area contributed by atoms with E-state index in [9.17, 15) is 18.0 Å². The molecule has 2 aromatic rings. The van der Waals surface area contributed by atoms with Gasteiger partial charge in [0, 0.05) is 0 Å². The molecular formula is C11H11F3N6O. The molecule has 2 N–H and O–H groups in total. The molecule has 0 bridgehead atoms. The summed E-state index contributed by atoms with van der Waals surface area (Å²) in [7, 11) is 0. The molecule has 0 aliphatic carbocycles. The predicted octanol–water partition coefficient (Wildman–Crippen LogP) is 0.753. The number of pyridine rings is 1. The van der Waals surface area contributed by atoms with E-state index in [1.165, 1.54) is 23.5 Å². The molecule has 112 valence electrons. The van der Waals surface area contributed by atoms with Crippen molar-refractivity contribution >= 4 is 11.6 Å². The van der Waals surface area contributed by atoms with Crippen LogP contribution < -0.4 is 10.6 Å². The number of aromatic nitrogens is 4. The van der Waals surface area contributed by atoms with Crippen molar-refractivity contribution in [3.63, 3.8) is 0 Å². The number of halogens is 3. The first-order valence-corrected chi connectivity index (χ1v) is 5.82. The number of hydrogen-bond donors (Lipinski definition) is 2. The summed E-state index contributed by atoms with van der Waals surface area (Å²) in [6, 6.07) is 3.15. The van der Waals surface area contributed by atoms with Crippen molar-refractivity contribution in [3.8, 4) is 5.82 Å². The van der Waals surface area contributed by atoms with Crippen LogP contribution in [-0.4, -0.2) is 44.9 Å². The molecule has 10 heteroatoms. The Morgan fingerprint density at radius 1 is 1.33 bits per heavy atom. The molecule has 1 amide bonds. The van der Waals surface area contributed by atoms with Crippen molar-refractivity contribution in [1.82, 2.24) is 25.1 Å². The third-order valence-corrected chi connectivity index (χ3v) is 2.30. The smallest absolute Gasteiger partial charge is 0.324 e. The van der Waals surface area contributed by atoms with Gasteiger partial charge in [-0.2, -0.15) is 18.3 Å². The quantitative estimate of drug-likeness (QED) is 0.851. The fourth-order valence-electron chi connectivity index (χ4n) is 1.45. The number of alkyl halides is 3. The minimum absolute atomic E-state index is 0.373. The van der Waals surface area contributed by atoms with Crippen LogP contribution in [0.5, 0.6) is 0 Å². The molecule has 0 fully saturated rings. The van der Waals surface area contributed by atoms with Crippen LogP contribution >= 0.6 is 0 Å². The number of carbonyl (C=O) groups excluding carboxylic acids is 1. The van der Waals surface area contributed by atoms with Crippen LogP contribution in [0.3, 0.4) is 0 Å². The zero-order chi connectivity index (χ0) is 15.3. The van der Waals surface area contributed by atoms with E-state index < -0.39 is 25.2 Å². The molecule has 0 saturated heterocycles. The van der Waals surface area contributed by atoms with E-state index in [-0.39, 0.29) is 0 Å². The second-order valence-electron chi connectivity index (χ2n) is 4.01. The largest absolute Gasteiger partial charge is 0.401 e. The topological polar surface area (TPSA) is 84.7 Å². The molecule has 0 aliphatic rings. The molecule has 21 heavy (non-hydrogen) atoms. The van der Waals surface area contributed by atoms with Crippen LogP contribution in [0.4, 0.5) is 18.9 Å². The molecule has 0 spiro atoms. The normalized spacial score (nSPS) is 11.4. The highest BCUT2D eigenvalue weighted by molar-refractivity contribution is 5.92. The summed E-state index contributed by atoms with van der Waals surface area (Å²) in [5, 5.41) is 8.30. The van der Waals surface area contributed by atoms with Crippen molar-refractivity contribution in [2.75, 3.05) is 18.4 Å². The molecule has 0 atom stereocenters. The van der Waals surface area contributed by atoms with Gasteiger partial charge in [0.15, 0.2) is 5.82 Å². The predicted molar refractivity (Wildman–Crippen MR) is 66.7 cm³/mol. The maximum atomic E-state index is 11.9. The van der Waals surface area contributed by atoms with E-state index >= 15 is 0 Å². The Balaban J connectivity index is 1.84. The fraction of sp³-hybridized carbons (Fsp3) is 0.273. The molecule has 0 unspecified atom stereocenters. The average molecular weight is 300 g/mol. The minimum Gasteiger partial charge on any atom is -0.324 e. The van der Waals surface area contributed by atoms with Crippen LogP contribution in [-0.2, 0) is 4.79 Å². The SMILES string of the molecule is O=C(CNCC(F)(F)F)Nc1ccc(-n2cncn2)nc1. The van der Waals surface area contributed by atoms with Gasteiger partial charge < -0.3 is 10.6 Å². The number of nitrogens with one attached hydrogen (secondary N) is 2. The first kappa shape index (κ1) is 14.9. The molecule has 7 nitrogen and oxygen atoms in total. The Labute approximate surface area is 117 Å². The van der Waals surface area contributed by atoms with Crippen molar-refractivity contribution in [2.24, 2.45) is 0 Å². The van der Waals surface area contributed by atoms with Crippen molar-refractivity contribution < 1.29 is 18.0 Å². The van der Waals surface area contributed by atoms with Crippen molar-refractivity contribution in [2.45, 2.75) is 6.18 Å².